The van der Waals surface area contributed by atoms with Gasteiger partial charge < -0.3 is 4.90 Å². The highest BCUT2D eigenvalue weighted by Crippen LogP contribution is 2.31. The van der Waals surface area contributed by atoms with Crippen LogP contribution < -0.4 is 4.90 Å². The summed E-state index contributed by atoms with van der Waals surface area (Å²) in [5.74, 6) is 0.828. The lowest BCUT2D eigenvalue weighted by Gasteiger charge is -2.33. The highest BCUT2D eigenvalue weighted by Gasteiger charge is 2.26. The van der Waals surface area contributed by atoms with E-state index in [-0.39, 0.29) is 0 Å². The summed E-state index contributed by atoms with van der Waals surface area (Å²) in [6.45, 7) is 2.07. The Kier molecular flexibility index (Phi) is 5.09. The molecule has 146 valence electrons. The molecule has 0 bridgehead atoms. The maximum Gasteiger partial charge on any atom is 0.211 e. The zero-order valence-corrected chi connectivity index (χ0v) is 16.9. The lowest BCUT2D eigenvalue weighted by molar-refractivity contribution is 0.387. The molecule has 1 fully saturated rings. The van der Waals surface area contributed by atoms with Crippen LogP contribution in [-0.4, -0.2) is 59.9 Å². The molecule has 0 amide bonds. The second-order valence-corrected chi connectivity index (χ2v) is 9.09. The Labute approximate surface area is 169 Å². The highest BCUT2D eigenvalue weighted by atomic mass is 35.5. The molecule has 0 unspecified atom stereocenters. The largest absolute Gasteiger partial charge is 0.352 e. The molecule has 1 saturated heterocycles. The normalized spacial score (nSPS) is 15.7. The minimum Gasteiger partial charge on any atom is -0.352 e. The Bertz CT molecular complexity index is 1060. The Morgan fingerprint density at radius 1 is 0.964 bits per heavy atom. The number of nitrogens with zero attached hydrogens (tertiary/aromatic N) is 5. The second-order valence-electron chi connectivity index (χ2n) is 6.67. The predicted octanol–water partition coefficient (Wildman–Crippen LogP) is 2.67. The predicted molar refractivity (Wildman–Crippen MR) is 110 cm³/mol. The molecular weight excluding hydrogens is 398 g/mol. The van der Waals surface area contributed by atoms with Gasteiger partial charge in [0.1, 0.15) is 0 Å². The summed E-state index contributed by atoms with van der Waals surface area (Å²) >= 11 is 6.01. The Morgan fingerprint density at radius 3 is 2.21 bits per heavy atom. The van der Waals surface area contributed by atoms with E-state index in [0.29, 0.717) is 31.2 Å². The number of hydrogen-bond donors (Lipinski definition) is 0. The molecule has 3 aromatic rings. The lowest BCUT2D eigenvalue weighted by atomic mass is 10.1. The zero-order valence-electron chi connectivity index (χ0n) is 15.4. The molecule has 0 atom stereocenters. The summed E-state index contributed by atoms with van der Waals surface area (Å²) in [4.78, 5) is 6.22. The van der Waals surface area contributed by atoms with Crippen LogP contribution in [0, 0.1) is 0 Å². The lowest BCUT2D eigenvalue weighted by Crippen LogP contribution is -2.48. The third-order valence-corrected chi connectivity index (χ3v) is 6.34. The number of benzene rings is 1. The minimum atomic E-state index is -3.18. The molecule has 2 aromatic heterocycles. The molecule has 0 N–H and O–H groups in total. The number of hydrogen-bond acceptors (Lipinski definition) is 5. The summed E-state index contributed by atoms with van der Waals surface area (Å²) in [6.07, 6.45) is 6.73. The van der Waals surface area contributed by atoms with E-state index < -0.39 is 10.0 Å². The number of rotatable bonds is 4. The van der Waals surface area contributed by atoms with Crippen molar-refractivity contribution in [3.63, 3.8) is 0 Å². The number of aromatic nitrogens is 3. The molecule has 3 heterocycles. The maximum absolute atomic E-state index is 11.8. The van der Waals surface area contributed by atoms with E-state index in [9.17, 15) is 8.42 Å². The van der Waals surface area contributed by atoms with Crippen molar-refractivity contribution < 1.29 is 8.42 Å². The van der Waals surface area contributed by atoms with E-state index in [4.69, 9.17) is 16.7 Å². The van der Waals surface area contributed by atoms with Gasteiger partial charge in [0.25, 0.3) is 0 Å². The van der Waals surface area contributed by atoms with Gasteiger partial charge in [-0.15, -0.1) is 5.10 Å². The van der Waals surface area contributed by atoms with E-state index in [1.54, 1.807) is 12.4 Å². The quantitative estimate of drug-likeness (QED) is 0.652. The number of sulfonamides is 1. The van der Waals surface area contributed by atoms with Crippen molar-refractivity contribution in [2.24, 2.45) is 0 Å². The number of piperazine rings is 1. The van der Waals surface area contributed by atoms with E-state index in [1.807, 2.05) is 47.3 Å². The van der Waals surface area contributed by atoms with E-state index in [1.165, 1.54) is 10.6 Å². The van der Waals surface area contributed by atoms with Gasteiger partial charge in [0, 0.05) is 55.4 Å². The van der Waals surface area contributed by atoms with Crippen molar-refractivity contribution in [2.45, 2.75) is 0 Å². The van der Waals surface area contributed by atoms with Crippen LogP contribution in [0.4, 0.5) is 5.82 Å². The number of pyridine rings is 1. The van der Waals surface area contributed by atoms with Gasteiger partial charge in [-0.1, -0.05) is 11.6 Å². The third-order valence-electron chi connectivity index (χ3n) is 4.78. The monoisotopic (exact) mass is 417 g/mol. The first-order valence-corrected chi connectivity index (χ1v) is 11.1. The van der Waals surface area contributed by atoms with E-state index in [0.717, 1.165) is 22.6 Å². The Hall–Kier alpha value is -2.42. The van der Waals surface area contributed by atoms with Gasteiger partial charge in [-0.3, -0.25) is 4.98 Å². The maximum atomic E-state index is 11.8. The molecule has 0 aliphatic carbocycles. The standard InChI is InChI=1S/C19H20ClN5O2S/c1-28(26,27)24-12-10-23(11-13-24)19-18(15-6-8-21-9-7-15)14-25(22-19)17-4-2-16(20)3-5-17/h2-9,14H,10-13H2,1H3. The van der Waals surface area contributed by atoms with Gasteiger partial charge in [-0.25, -0.2) is 13.1 Å². The van der Waals surface area contributed by atoms with Crippen LogP contribution in [0.5, 0.6) is 0 Å². The number of halogens is 1. The first kappa shape index (κ1) is 18.9. The summed E-state index contributed by atoms with van der Waals surface area (Å²) < 4.78 is 26.9. The van der Waals surface area contributed by atoms with E-state index in [2.05, 4.69) is 9.88 Å². The molecule has 4 rings (SSSR count). The van der Waals surface area contributed by atoms with Gasteiger partial charge in [0.05, 0.1) is 11.9 Å². The molecule has 1 aromatic carbocycles. The van der Waals surface area contributed by atoms with Crippen molar-refractivity contribution in [2.75, 3.05) is 37.3 Å². The van der Waals surface area contributed by atoms with Crippen molar-refractivity contribution in [1.29, 1.82) is 0 Å². The third kappa shape index (κ3) is 3.89. The van der Waals surface area contributed by atoms with Crippen LogP contribution in [-0.2, 0) is 10.0 Å². The Balaban J connectivity index is 1.70. The second kappa shape index (κ2) is 7.54. The fraction of sp³-hybridized carbons (Fsp3) is 0.263. The Morgan fingerprint density at radius 2 is 1.61 bits per heavy atom. The topological polar surface area (TPSA) is 71.3 Å². The molecule has 1 aliphatic heterocycles. The average molecular weight is 418 g/mol. The van der Waals surface area contributed by atoms with Crippen LogP contribution in [0.2, 0.25) is 5.02 Å². The summed E-state index contributed by atoms with van der Waals surface area (Å²) in [7, 11) is -3.18. The molecule has 0 spiro atoms. The van der Waals surface area contributed by atoms with Crippen molar-refractivity contribution in [3.05, 3.63) is 60.0 Å². The molecule has 1 aliphatic rings. The molecule has 9 heteroatoms. The van der Waals surface area contributed by atoms with Crippen LogP contribution in [0.1, 0.15) is 0 Å². The van der Waals surface area contributed by atoms with Crippen molar-refractivity contribution >= 4 is 27.4 Å². The smallest absolute Gasteiger partial charge is 0.211 e. The van der Waals surface area contributed by atoms with Crippen LogP contribution in [0.25, 0.3) is 16.8 Å². The van der Waals surface area contributed by atoms with Gasteiger partial charge in [0.15, 0.2) is 5.82 Å². The molecule has 0 radical (unpaired) electrons. The van der Waals surface area contributed by atoms with Crippen LogP contribution >= 0.6 is 11.6 Å². The fourth-order valence-electron chi connectivity index (χ4n) is 3.29. The van der Waals surface area contributed by atoms with Gasteiger partial charge >= 0.3 is 0 Å². The molecular formula is C19H20ClN5O2S. The zero-order chi connectivity index (χ0) is 19.7. The minimum absolute atomic E-state index is 0.447. The van der Waals surface area contributed by atoms with Crippen LogP contribution in [0.15, 0.2) is 55.0 Å². The van der Waals surface area contributed by atoms with Gasteiger partial charge in [-0.05, 0) is 42.0 Å². The summed E-state index contributed by atoms with van der Waals surface area (Å²) in [5.41, 5.74) is 2.89. The van der Waals surface area contributed by atoms with E-state index >= 15 is 0 Å². The molecule has 28 heavy (non-hydrogen) atoms. The average Bonchev–Trinajstić information content (AvgIpc) is 3.14. The van der Waals surface area contributed by atoms with Crippen molar-refractivity contribution in [3.8, 4) is 16.8 Å². The summed E-state index contributed by atoms with van der Waals surface area (Å²) in [6, 6.07) is 11.4. The first-order chi connectivity index (χ1) is 13.4. The van der Waals surface area contributed by atoms with Crippen LogP contribution in [0.3, 0.4) is 0 Å². The van der Waals surface area contributed by atoms with Gasteiger partial charge in [-0.2, -0.15) is 4.31 Å². The summed E-state index contributed by atoms with van der Waals surface area (Å²) in [5, 5.41) is 5.48. The molecule has 0 saturated carbocycles. The van der Waals surface area contributed by atoms with Gasteiger partial charge in [0.2, 0.25) is 10.0 Å². The highest BCUT2D eigenvalue weighted by molar-refractivity contribution is 7.88. The number of anilines is 1. The molecule has 7 nitrogen and oxygen atoms in total. The van der Waals surface area contributed by atoms with Crippen molar-refractivity contribution in [1.82, 2.24) is 19.1 Å². The SMILES string of the molecule is CS(=O)(=O)N1CCN(c2nn(-c3ccc(Cl)cc3)cc2-c2ccncc2)CC1. The first-order valence-electron chi connectivity index (χ1n) is 8.88. The fourth-order valence-corrected chi connectivity index (χ4v) is 4.24.